The number of methoxy groups -OCH3 is 3. The minimum Gasteiger partial charge on any atom is -0.497 e. The first-order valence-corrected chi connectivity index (χ1v) is 24.6. The smallest absolute Gasteiger partial charge is 0.261 e. The standard InChI is InChI=1S/C18H16Cl2N2O3.C17H13Cl2N3O3.C17H13Cl2NO4.2CH4.V/c1-25-11-4-2-10(3-5-11)17(9-21-17)8-18(24)14-12(19)6-7-13(20)15(14)22-16(18)23;1-25-10-4-2-9(3-5-10)17(21-22-17)8-16(24)13-11(18)6-7-12(19)14(13)20-15(16)23;1-24-10-4-2-9(3-5-10)13(21)8-17(23)14-11(18)6-7-12(19)15(14)20-16(17)22;;;/h2-7,21,24H,8-9H2,1H3,(H,22,23);2-7,24H,8H2,1H3,(H,20,23);2-7,23H,8H2,1H3,(H,20,22);2*1H4;. The van der Waals surface area contributed by atoms with Crippen molar-refractivity contribution < 1.29 is 67.3 Å². The number of nitrogens with zero attached hydrogens (tertiary/aromatic N) is 2. The van der Waals surface area contributed by atoms with Crippen LogP contribution in [0.4, 0.5) is 17.1 Å². The first-order valence-electron chi connectivity index (χ1n) is 22.4. The molecule has 23 heteroatoms. The van der Waals surface area contributed by atoms with Crippen molar-refractivity contribution in [2.24, 2.45) is 10.2 Å². The molecule has 0 bridgehead atoms. The number of rotatable bonds is 12. The average molecular weight is 1210 g/mol. The number of halogens is 6. The number of carbonyl (C=O) groups excluding carboxylic acids is 4. The van der Waals surface area contributed by atoms with Gasteiger partial charge in [0.2, 0.25) is 5.66 Å². The fourth-order valence-electron chi connectivity index (χ4n) is 9.29. The molecule has 5 aliphatic heterocycles. The second-order valence-electron chi connectivity index (χ2n) is 17.9. The van der Waals surface area contributed by atoms with Crippen LogP contribution in [0.2, 0.25) is 30.1 Å². The van der Waals surface area contributed by atoms with Crippen molar-refractivity contribution >= 4 is 110 Å². The van der Waals surface area contributed by atoms with Gasteiger partial charge in [-0.05, 0) is 90.5 Å². The van der Waals surface area contributed by atoms with Crippen molar-refractivity contribution in [1.82, 2.24) is 5.32 Å². The molecular weight excluding hydrogens is 1160 g/mol. The Morgan fingerprint density at radius 2 is 0.831 bits per heavy atom. The number of nitrogens with one attached hydrogen (secondary N) is 4. The summed E-state index contributed by atoms with van der Waals surface area (Å²) < 4.78 is 15.4. The van der Waals surface area contributed by atoms with E-state index in [0.29, 0.717) is 55.6 Å². The van der Waals surface area contributed by atoms with Gasteiger partial charge in [0.15, 0.2) is 22.6 Å². The first kappa shape index (κ1) is 60.8. The number of carbonyl (C=O) groups is 4. The van der Waals surface area contributed by atoms with E-state index in [1.165, 1.54) is 19.2 Å². The molecule has 0 saturated carbocycles. The van der Waals surface area contributed by atoms with Gasteiger partial charge in [-0.2, -0.15) is 10.2 Å². The van der Waals surface area contributed by atoms with Crippen LogP contribution in [0.25, 0.3) is 0 Å². The maximum absolute atomic E-state index is 12.6. The van der Waals surface area contributed by atoms with Crippen molar-refractivity contribution in [2.45, 2.75) is 62.1 Å². The Morgan fingerprint density at radius 1 is 0.506 bits per heavy atom. The molecule has 0 aliphatic carbocycles. The molecule has 6 aromatic rings. The zero-order chi connectivity index (χ0) is 53.1. The number of benzene rings is 6. The van der Waals surface area contributed by atoms with Gasteiger partial charge < -0.3 is 50.8 Å². The van der Waals surface area contributed by atoms with E-state index in [4.69, 9.17) is 83.8 Å². The van der Waals surface area contributed by atoms with Crippen LogP contribution in [-0.4, -0.2) is 66.7 Å². The Hall–Kier alpha value is -5.44. The Labute approximate surface area is 485 Å². The summed E-state index contributed by atoms with van der Waals surface area (Å²) in [6.07, 6.45) is -0.353. The average Bonchev–Trinajstić information content (AvgIpc) is 4.30. The second-order valence-corrected chi connectivity index (χ2v) is 20.3. The molecule has 5 heterocycles. The van der Waals surface area contributed by atoms with Gasteiger partial charge in [0.05, 0.1) is 65.4 Å². The third-order valence-electron chi connectivity index (χ3n) is 13.4. The van der Waals surface area contributed by atoms with E-state index in [-0.39, 0.29) is 78.1 Å². The number of aliphatic hydroxyl groups is 3. The molecule has 4 atom stereocenters. The molecule has 5 aliphatic rings. The molecule has 0 aromatic heterocycles. The number of anilines is 3. The van der Waals surface area contributed by atoms with Crippen molar-refractivity contribution in [3.63, 3.8) is 0 Å². The molecule has 1 saturated heterocycles. The summed E-state index contributed by atoms with van der Waals surface area (Å²) in [6.45, 7) is 0.655. The van der Waals surface area contributed by atoms with E-state index in [1.807, 2.05) is 24.3 Å². The van der Waals surface area contributed by atoms with E-state index in [0.717, 1.165) is 16.9 Å². The SMILES string of the molecule is C.C.COc1ccc(C(=O)CC2(O)C(=O)Nc3c(Cl)ccc(Cl)c32)cc1.COc1ccc(C2(CC3(O)C(=O)Nc4c(Cl)ccc(Cl)c43)CN2)cc1.COc1ccc(C2(CC3(O)C(=O)Nc4c(Cl)ccc(Cl)c43)N=N2)cc1.[V]. The molecule has 3 amide bonds. The monoisotopic (exact) mass is 1200 g/mol. The molecular formula is C54H50Cl6N6O10V. The van der Waals surface area contributed by atoms with Gasteiger partial charge in [0, 0.05) is 80.8 Å². The minimum absolute atomic E-state index is 0. The van der Waals surface area contributed by atoms with Gasteiger partial charge in [0.1, 0.15) is 17.2 Å². The molecule has 7 N–H and O–H groups in total. The van der Waals surface area contributed by atoms with Crippen LogP contribution in [0.15, 0.2) is 119 Å². The predicted octanol–water partition coefficient (Wildman–Crippen LogP) is 11.6. The van der Waals surface area contributed by atoms with Crippen molar-refractivity contribution in [1.29, 1.82) is 0 Å². The Morgan fingerprint density at radius 3 is 1.19 bits per heavy atom. The van der Waals surface area contributed by atoms with Gasteiger partial charge in [0.25, 0.3) is 17.7 Å². The Balaban J connectivity index is 0.000000184. The third kappa shape index (κ3) is 11.1. The van der Waals surface area contributed by atoms with Crippen LogP contribution in [0.5, 0.6) is 17.2 Å². The molecule has 0 spiro atoms. The molecule has 11 rings (SSSR count). The first-order chi connectivity index (χ1) is 35.2. The molecule has 6 aromatic carbocycles. The van der Waals surface area contributed by atoms with Crippen LogP contribution in [0.1, 0.15) is 72.3 Å². The minimum atomic E-state index is -2.06. The summed E-state index contributed by atoms with van der Waals surface area (Å²) in [5.41, 5.74) is -3.43. The maximum Gasteiger partial charge on any atom is 0.261 e. The van der Waals surface area contributed by atoms with Crippen molar-refractivity contribution in [3.8, 4) is 17.2 Å². The number of Topliss-reactive ketones (excluding diaryl/α,β-unsaturated/α-hetero) is 1. The fourth-order valence-corrected chi connectivity index (χ4v) is 10.8. The van der Waals surface area contributed by atoms with Gasteiger partial charge in [-0.3, -0.25) is 19.2 Å². The zero-order valence-corrected chi connectivity index (χ0v) is 45.5. The number of fused-ring (bicyclic) bond motifs is 3. The van der Waals surface area contributed by atoms with Crippen LogP contribution >= 0.6 is 69.6 Å². The topological polar surface area (TPSA) is 239 Å². The number of ketones is 1. The Kier molecular flexibility index (Phi) is 18.2. The number of ether oxygens (including phenoxy) is 3. The summed E-state index contributed by atoms with van der Waals surface area (Å²) in [6, 6.07) is 30.4. The number of hydrogen-bond donors (Lipinski definition) is 7. The number of amides is 3. The van der Waals surface area contributed by atoms with Gasteiger partial charge in [-0.15, -0.1) is 0 Å². The summed E-state index contributed by atoms with van der Waals surface area (Å²) in [7, 11) is 4.70. The second kappa shape index (κ2) is 23.1. The number of hydrogen-bond acceptors (Lipinski definition) is 13. The van der Waals surface area contributed by atoms with E-state index in [9.17, 15) is 34.5 Å². The summed E-state index contributed by atoms with van der Waals surface area (Å²) in [5, 5.41) is 54.1. The van der Waals surface area contributed by atoms with E-state index < -0.39 is 57.9 Å². The largest absolute Gasteiger partial charge is 0.497 e. The quantitative estimate of drug-likeness (QED) is 0.0449. The van der Waals surface area contributed by atoms with Gasteiger partial charge in [-0.25, -0.2) is 0 Å². The van der Waals surface area contributed by atoms with E-state index in [2.05, 4.69) is 31.5 Å². The molecule has 1 radical (unpaired) electrons. The van der Waals surface area contributed by atoms with Crippen LogP contribution in [0, 0.1) is 0 Å². The summed E-state index contributed by atoms with van der Waals surface area (Å²) in [5.74, 6) is -0.201. The van der Waals surface area contributed by atoms with E-state index in [1.54, 1.807) is 87.0 Å². The molecule has 77 heavy (non-hydrogen) atoms. The van der Waals surface area contributed by atoms with Gasteiger partial charge in [-0.1, -0.05) is 109 Å². The normalized spacial score (nSPS) is 21.9. The summed E-state index contributed by atoms with van der Waals surface area (Å²) >= 11 is 37.0. The molecule has 1 fully saturated rings. The van der Waals surface area contributed by atoms with Crippen LogP contribution in [-0.2, 0) is 60.9 Å². The molecule has 403 valence electrons. The fraction of sp³-hybridized carbons (Fsp3) is 0.259. The third-order valence-corrected chi connectivity index (χ3v) is 15.3. The van der Waals surface area contributed by atoms with Crippen LogP contribution in [0.3, 0.4) is 0 Å². The van der Waals surface area contributed by atoms with E-state index >= 15 is 0 Å². The summed E-state index contributed by atoms with van der Waals surface area (Å²) in [4.78, 5) is 49.9. The van der Waals surface area contributed by atoms with Crippen LogP contribution < -0.4 is 35.5 Å². The Bertz CT molecular complexity index is 3180. The maximum atomic E-state index is 12.6. The van der Waals surface area contributed by atoms with Gasteiger partial charge >= 0.3 is 0 Å². The zero-order valence-electron chi connectivity index (χ0n) is 39.5. The van der Waals surface area contributed by atoms with Crippen molar-refractivity contribution in [3.05, 3.63) is 173 Å². The molecule has 16 nitrogen and oxygen atoms in total. The molecule has 4 unspecified atom stereocenters. The predicted molar refractivity (Wildman–Crippen MR) is 294 cm³/mol. The van der Waals surface area contributed by atoms with Crippen molar-refractivity contribution in [2.75, 3.05) is 43.8 Å².